The van der Waals surface area contributed by atoms with E-state index in [2.05, 4.69) is 0 Å². The van der Waals surface area contributed by atoms with E-state index in [0.717, 1.165) is 5.56 Å². The van der Waals surface area contributed by atoms with Crippen LogP contribution in [0.1, 0.15) is 15.9 Å². The number of rotatable bonds is 3. The highest BCUT2D eigenvalue weighted by Gasteiger charge is 2.05. The van der Waals surface area contributed by atoms with Crippen molar-refractivity contribution in [3.63, 3.8) is 0 Å². The van der Waals surface area contributed by atoms with Gasteiger partial charge >= 0.3 is 0 Å². The third-order valence-corrected chi connectivity index (χ3v) is 3.17. The van der Waals surface area contributed by atoms with Gasteiger partial charge in [-0.15, -0.1) is 0 Å². The lowest BCUT2D eigenvalue weighted by Gasteiger charge is -2.01. The molecule has 2 aromatic rings. The van der Waals surface area contributed by atoms with E-state index in [-0.39, 0.29) is 5.78 Å². The number of nitrogens with two attached hydrogens (primary N) is 1. The van der Waals surface area contributed by atoms with E-state index in [1.807, 2.05) is 0 Å². The van der Waals surface area contributed by atoms with E-state index in [0.29, 0.717) is 21.3 Å². The lowest BCUT2D eigenvalue weighted by atomic mass is 10.1. The Labute approximate surface area is 121 Å². The van der Waals surface area contributed by atoms with Crippen LogP contribution in [0.5, 0.6) is 0 Å². The molecule has 0 aromatic heterocycles. The zero-order valence-corrected chi connectivity index (χ0v) is 11.4. The summed E-state index contributed by atoms with van der Waals surface area (Å²) in [6.45, 7) is 0. The van der Waals surface area contributed by atoms with Gasteiger partial charge in [-0.1, -0.05) is 41.4 Å². The summed E-state index contributed by atoms with van der Waals surface area (Å²) in [6, 6.07) is 12.0. The average Bonchev–Trinajstić information content (AvgIpc) is 2.38. The van der Waals surface area contributed by atoms with Crippen LogP contribution in [0, 0.1) is 0 Å². The fourth-order valence-electron chi connectivity index (χ4n) is 1.61. The third-order valence-electron chi connectivity index (χ3n) is 2.60. The lowest BCUT2D eigenvalue weighted by Crippen LogP contribution is -1.99. The Morgan fingerprint density at radius 1 is 1.11 bits per heavy atom. The zero-order chi connectivity index (χ0) is 13.8. The minimum absolute atomic E-state index is 0.163. The molecule has 0 amide bonds. The van der Waals surface area contributed by atoms with Gasteiger partial charge in [-0.05, 0) is 42.0 Å². The molecule has 2 rings (SSSR count). The van der Waals surface area contributed by atoms with E-state index < -0.39 is 0 Å². The topological polar surface area (TPSA) is 43.1 Å². The summed E-state index contributed by atoms with van der Waals surface area (Å²) in [5.41, 5.74) is 7.41. The van der Waals surface area contributed by atoms with Gasteiger partial charge in [0, 0.05) is 21.3 Å². The molecule has 2 N–H and O–H groups in total. The smallest absolute Gasteiger partial charge is 0.187 e. The molecule has 0 saturated carbocycles. The number of anilines is 1. The van der Waals surface area contributed by atoms with Crippen LogP contribution < -0.4 is 5.73 Å². The fraction of sp³-hybridized carbons (Fsp3) is 0. The molecule has 19 heavy (non-hydrogen) atoms. The van der Waals surface area contributed by atoms with Crippen LogP contribution in [0.3, 0.4) is 0 Å². The van der Waals surface area contributed by atoms with Crippen molar-refractivity contribution in [3.05, 3.63) is 69.7 Å². The first kappa shape index (κ1) is 13.7. The quantitative estimate of drug-likeness (QED) is 0.515. The Kier molecular flexibility index (Phi) is 4.25. The molecule has 0 radical (unpaired) electrons. The van der Waals surface area contributed by atoms with E-state index in [1.165, 1.54) is 6.08 Å². The first-order valence-corrected chi connectivity index (χ1v) is 6.35. The Morgan fingerprint density at radius 3 is 2.53 bits per heavy atom. The molecule has 0 aliphatic rings. The number of carbonyl (C=O) groups excluding carboxylic acids is 1. The molecule has 0 aliphatic carbocycles. The predicted molar refractivity (Wildman–Crippen MR) is 80.7 cm³/mol. The molecule has 0 bridgehead atoms. The van der Waals surface area contributed by atoms with Gasteiger partial charge in [0.1, 0.15) is 0 Å². The van der Waals surface area contributed by atoms with Gasteiger partial charge in [0.15, 0.2) is 5.78 Å². The van der Waals surface area contributed by atoms with Crippen molar-refractivity contribution >= 4 is 40.7 Å². The molecule has 0 aliphatic heterocycles. The summed E-state index contributed by atoms with van der Waals surface area (Å²) in [4.78, 5) is 12.0. The van der Waals surface area contributed by atoms with E-state index in [4.69, 9.17) is 28.9 Å². The second-order valence-corrected chi connectivity index (χ2v) is 4.79. The normalized spacial score (nSPS) is 10.8. The largest absolute Gasteiger partial charge is 0.398 e. The molecule has 2 aromatic carbocycles. The van der Waals surface area contributed by atoms with Crippen molar-refractivity contribution < 1.29 is 4.79 Å². The minimum Gasteiger partial charge on any atom is -0.398 e. The molecule has 2 nitrogen and oxygen atoms in total. The van der Waals surface area contributed by atoms with Gasteiger partial charge in [0.25, 0.3) is 0 Å². The van der Waals surface area contributed by atoms with Gasteiger partial charge in [0.05, 0.1) is 0 Å². The van der Waals surface area contributed by atoms with Gasteiger partial charge in [0.2, 0.25) is 0 Å². The molecule has 0 unspecified atom stereocenters. The van der Waals surface area contributed by atoms with E-state index in [1.54, 1.807) is 48.5 Å². The molecule has 0 fully saturated rings. The second kappa shape index (κ2) is 5.91. The highest BCUT2D eigenvalue weighted by atomic mass is 35.5. The van der Waals surface area contributed by atoms with E-state index in [9.17, 15) is 4.79 Å². The van der Waals surface area contributed by atoms with Crippen LogP contribution in [0.15, 0.2) is 48.5 Å². The van der Waals surface area contributed by atoms with Crippen LogP contribution in [-0.4, -0.2) is 5.78 Å². The molecule has 4 heteroatoms. The number of allylic oxidation sites excluding steroid dienone is 1. The number of hydrogen-bond donors (Lipinski definition) is 1. The van der Waals surface area contributed by atoms with Crippen LogP contribution in [0.25, 0.3) is 6.08 Å². The third kappa shape index (κ3) is 3.37. The molecule has 0 atom stereocenters. The first-order chi connectivity index (χ1) is 9.08. The average molecular weight is 292 g/mol. The lowest BCUT2D eigenvalue weighted by molar-refractivity contribution is 0.104. The number of para-hydroxylation sites is 1. The summed E-state index contributed by atoms with van der Waals surface area (Å²) in [5, 5.41) is 1.05. The van der Waals surface area contributed by atoms with Crippen molar-refractivity contribution in [2.45, 2.75) is 0 Å². The van der Waals surface area contributed by atoms with Crippen molar-refractivity contribution in [1.29, 1.82) is 0 Å². The number of halogens is 2. The van der Waals surface area contributed by atoms with Gasteiger partial charge in [-0.25, -0.2) is 0 Å². The van der Waals surface area contributed by atoms with Crippen molar-refractivity contribution in [2.24, 2.45) is 0 Å². The van der Waals surface area contributed by atoms with Crippen LogP contribution in [0.4, 0.5) is 5.69 Å². The molecule has 96 valence electrons. The van der Waals surface area contributed by atoms with Crippen LogP contribution in [-0.2, 0) is 0 Å². The maximum Gasteiger partial charge on any atom is 0.187 e. The first-order valence-electron chi connectivity index (χ1n) is 5.60. The molecular formula is C15H11Cl2NO. The second-order valence-electron chi connectivity index (χ2n) is 3.95. The summed E-state index contributed by atoms with van der Waals surface area (Å²) in [5.74, 6) is -0.163. The monoisotopic (exact) mass is 291 g/mol. The maximum absolute atomic E-state index is 12.0. The Bertz CT molecular complexity index is 650. The summed E-state index contributed by atoms with van der Waals surface area (Å²) < 4.78 is 0. The Balaban J connectivity index is 2.24. The number of nitrogen functional groups attached to an aromatic ring is 1. The summed E-state index contributed by atoms with van der Waals surface area (Å²) in [7, 11) is 0. The minimum atomic E-state index is -0.163. The Hall–Kier alpha value is -1.77. The highest BCUT2D eigenvalue weighted by molar-refractivity contribution is 6.35. The van der Waals surface area contributed by atoms with Crippen molar-refractivity contribution in [2.75, 3.05) is 5.73 Å². The summed E-state index contributed by atoms with van der Waals surface area (Å²) in [6.07, 6.45) is 3.09. The number of benzene rings is 2. The van der Waals surface area contributed by atoms with Crippen LogP contribution >= 0.6 is 23.2 Å². The number of carbonyl (C=O) groups is 1. The SMILES string of the molecule is Nc1ccccc1C(=O)/C=C/c1ccc(Cl)cc1Cl. The maximum atomic E-state index is 12.0. The van der Waals surface area contributed by atoms with Gasteiger partial charge < -0.3 is 5.73 Å². The van der Waals surface area contributed by atoms with E-state index >= 15 is 0 Å². The zero-order valence-electron chi connectivity index (χ0n) is 9.94. The molecule has 0 spiro atoms. The highest BCUT2D eigenvalue weighted by Crippen LogP contribution is 2.22. The number of hydrogen-bond acceptors (Lipinski definition) is 2. The molecule has 0 heterocycles. The standard InChI is InChI=1S/C15H11Cl2NO/c16-11-7-5-10(13(17)9-11)6-8-15(19)12-3-1-2-4-14(12)18/h1-9H,18H2/b8-6+. The predicted octanol–water partition coefficient (Wildman–Crippen LogP) is 4.47. The van der Waals surface area contributed by atoms with Crippen molar-refractivity contribution in [1.82, 2.24) is 0 Å². The Morgan fingerprint density at radius 2 is 1.84 bits per heavy atom. The van der Waals surface area contributed by atoms with Gasteiger partial charge in [-0.2, -0.15) is 0 Å². The molecular weight excluding hydrogens is 281 g/mol. The van der Waals surface area contributed by atoms with Gasteiger partial charge in [-0.3, -0.25) is 4.79 Å². The fourth-order valence-corrected chi connectivity index (χ4v) is 2.08. The number of ketones is 1. The summed E-state index contributed by atoms with van der Waals surface area (Å²) >= 11 is 11.8. The molecule has 0 saturated heterocycles. The van der Waals surface area contributed by atoms with Crippen LogP contribution in [0.2, 0.25) is 10.0 Å². The van der Waals surface area contributed by atoms with Crippen molar-refractivity contribution in [3.8, 4) is 0 Å².